The molecular formula is C24H24N4O3. The van der Waals surface area contributed by atoms with Gasteiger partial charge in [-0.15, -0.1) is 0 Å². The number of ether oxygens (including phenoxy) is 1. The van der Waals surface area contributed by atoms with Gasteiger partial charge in [0.2, 0.25) is 5.82 Å². The molecule has 31 heavy (non-hydrogen) atoms. The van der Waals surface area contributed by atoms with Crippen molar-refractivity contribution in [3.05, 3.63) is 59.9 Å². The van der Waals surface area contributed by atoms with Crippen LogP contribution >= 0.6 is 0 Å². The summed E-state index contributed by atoms with van der Waals surface area (Å²) in [7, 11) is 1.62. The highest BCUT2D eigenvalue weighted by atomic mass is 16.5. The van der Waals surface area contributed by atoms with Crippen molar-refractivity contribution >= 4 is 33.8 Å². The van der Waals surface area contributed by atoms with E-state index in [4.69, 9.17) is 9.15 Å². The van der Waals surface area contributed by atoms with E-state index in [-0.39, 0.29) is 11.7 Å². The zero-order valence-electron chi connectivity index (χ0n) is 17.4. The standard InChI is InChI=1S/C24H24N4O3/c1-30-18-11-5-3-9-16(18)15-25-24(29)22-26-20-17-10-4-6-12-19(17)31-21(20)23(27-22)28-13-7-2-8-14-28/h3-6,9-12H,2,7-8,13-15H2,1H3,(H,25,29). The van der Waals surface area contributed by atoms with Crippen molar-refractivity contribution in [3.8, 4) is 5.75 Å². The molecule has 0 bridgehead atoms. The first-order valence-corrected chi connectivity index (χ1v) is 10.6. The van der Waals surface area contributed by atoms with Crippen LogP contribution in [0.4, 0.5) is 5.82 Å². The van der Waals surface area contributed by atoms with Gasteiger partial charge in [0.1, 0.15) is 16.8 Å². The fraction of sp³-hybridized carbons (Fsp3) is 0.292. The Bertz CT molecular complexity index is 1240. The molecule has 0 atom stereocenters. The highest BCUT2D eigenvalue weighted by Gasteiger charge is 2.23. The van der Waals surface area contributed by atoms with Crippen molar-refractivity contribution in [3.63, 3.8) is 0 Å². The number of benzene rings is 2. The Morgan fingerprint density at radius 3 is 2.68 bits per heavy atom. The predicted molar refractivity (Wildman–Crippen MR) is 120 cm³/mol. The zero-order valence-corrected chi connectivity index (χ0v) is 17.4. The quantitative estimate of drug-likeness (QED) is 0.522. The topological polar surface area (TPSA) is 80.5 Å². The van der Waals surface area contributed by atoms with Crippen molar-refractivity contribution in [2.24, 2.45) is 0 Å². The number of nitrogens with zero attached hydrogens (tertiary/aromatic N) is 3. The molecule has 1 aliphatic rings. The number of carbonyl (C=O) groups excluding carboxylic acids is 1. The van der Waals surface area contributed by atoms with Gasteiger partial charge in [-0.2, -0.15) is 0 Å². The van der Waals surface area contributed by atoms with E-state index in [1.807, 2.05) is 48.5 Å². The van der Waals surface area contributed by atoms with Crippen LogP contribution in [-0.2, 0) is 6.54 Å². The smallest absolute Gasteiger partial charge is 0.289 e. The number of hydrogen-bond acceptors (Lipinski definition) is 6. The number of rotatable bonds is 5. The largest absolute Gasteiger partial charge is 0.496 e. The van der Waals surface area contributed by atoms with E-state index in [0.29, 0.717) is 23.5 Å². The van der Waals surface area contributed by atoms with Crippen LogP contribution in [0.15, 0.2) is 52.9 Å². The van der Waals surface area contributed by atoms with Gasteiger partial charge in [-0.1, -0.05) is 30.3 Å². The lowest BCUT2D eigenvalue weighted by Crippen LogP contribution is -2.32. The summed E-state index contributed by atoms with van der Waals surface area (Å²) < 4.78 is 11.5. The van der Waals surface area contributed by atoms with E-state index in [2.05, 4.69) is 20.2 Å². The van der Waals surface area contributed by atoms with Crippen LogP contribution in [0, 0.1) is 0 Å². The molecule has 0 spiro atoms. The van der Waals surface area contributed by atoms with Gasteiger partial charge in [0.15, 0.2) is 11.4 Å². The van der Waals surface area contributed by atoms with Crippen LogP contribution in [0.3, 0.4) is 0 Å². The molecule has 0 unspecified atom stereocenters. The molecule has 1 fully saturated rings. The number of carbonyl (C=O) groups is 1. The predicted octanol–water partition coefficient (Wildman–Crippen LogP) is 4.30. The average Bonchev–Trinajstić information content (AvgIpc) is 3.21. The molecule has 2 aromatic heterocycles. The van der Waals surface area contributed by atoms with Crippen molar-refractivity contribution < 1.29 is 13.9 Å². The van der Waals surface area contributed by atoms with Gasteiger partial charge in [-0.05, 0) is 37.5 Å². The van der Waals surface area contributed by atoms with E-state index in [9.17, 15) is 4.79 Å². The molecule has 7 nitrogen and oxygen atoms in total. The number of piperidine rings is 1. The highest BCUT2D eigenvalue weighted by molar-refractivity contribution is 6.07. The number of anilines is 1. The third-order valence-electron chi connectivity index (χ3n) is 5.69. The number of aromatic nitrogens is 2. The molecular weight excluding hydrogens is 392 g/mol. The minimum Gasteiger partial charge on any atom is -0.496 e. The number of nitrogens with one attached hydrogen (secondary N) is 1. The van der Waals surface area contributed by atoms with E-state index in [0.717, 1.165) is 48.2 Å². The summed E-state index contributed by atoms with van der Waals surface area (Å²) in [5.74, 6) is 1.25. The number of fused-ring (bicyclic) bond motifs is 3. The number of amides is 1. The van der Waals surface area contributed by atoms with Crippen molar-refractivity contribution in [2.75, 3.05) is 25.1 Å². The van der Waals surface area contributed by atoms with Gasteiger partial charge < -0.3 is 19.4 Å². The second-order valence-corrected chi connectivity index (χ2v) is 7.69. The molecule has 158 valence electrons. The summed E-state index contributed by atoms with van der Waals surface area (Å²) in [4.78, 5) is 24.5. The third-order valence-corrected chi connectivity index (χ3v) is 5.69. The SMILES string of the molecule is COc1ccccc1CNC(=O)c1nc(N2CCCCC2)c2oc3ccccc3c2n1. The van der Waals surface area contributed by atoms with Crippen LogP contribution in [0.25, 0.3) is 22.1 Å². The normalized spacial score (nSPS) is 14.2. The monoisotopic (exact) mass is 416 g/mol. The van der Waals surface area contributed by atoms with Crippen molar-refractivity contribution in [1.29, 1.82) is 0 Å². The highest BCUT2D eigenvalue weighted by Crippen LogP contribution is 2.34. The Morgan fingerprint density at radius 2 is 1.84 bits per heavy atom. The van der Waals surface area contributed by atoms with Gasteiger partial charge in [-0.3, -0.25) is 4.79 Å². The number of hydrogen-bond donors (Lipinski definition) is 1. The van der Waals surface area contributed by atoms with E-state index < -0.39 is 0 Å². The molecule has 2 aromatic carbocycles. The summed E-state index contributed by atoms with van der Waals surface area (Å²) in [5.41, 5.74) is 2.96. The summed E-state index contributed by atoms with van der Waals surface area (Å²) >= 11 is 0. The molecule has 1 N–H and O–H groups in total. The maximum absolute atomic E-state index is 13.0. The minimum atomic E-state index is -0.323. The Kier molecular flexibility index (Phi) is 5.16. The first-order chi connectivity index (χ1) is 15.2. The molecule has 0 radical (unpaired) electrons. The zero-order chi connectivity index (χ0) is 21.2. The minimum absolute atomic E-state index is 0.148. The summed E-state index contributed by atoms with van der Waals surface area (Å²) in [6, 6.07) is 15.4. The van der Waals surface area contributed by atoms with E-state index in [1.54, 1.807) is 7.11 Å². The lowest BCUT2D eigenvalue weighted by Gasteiger charge is -2.27. The van der Waals surface area contributed by atoms with Gasteiger partial charge >= 0.3 is 0 Å². The van der Waals surface area contributed by atoms with Crippen molar-refractivity contribution in [2.45, 2.75) is 25.8 Å². The van der Waals surface area contributed by atoms with Crippen LogP contribution in [0.2, 0.25) is 0 Å². The molecule has 3 heterocycles. The Labute approximate surface area is 180 Å². The Balaban J connectivity index is 1.53. The van der Waals surface area contributed by atoms with Crippen LogP contribution in [0.5, 0.6) is 5.75 Å². The second kappa shape index (κ2) is 8.26. The molecule has 0 aliphatic carbocycles. The van der Waals surface area contributed by atoms with E-state index in [1.165, 1.54) is 6.42 Å². The Hall–Kier alpha value is -3.61. The van der Waals surface area contributed by atoms with Gasteiger partial charge in [0.05, 0.1) is 7.11 Å². The Morgan fingerprint density at radius 1 is 1.06 bits per heavy atom. The molecule has 1 amide bonds. The third kappa shape index (κ3) is 3.67. The maximum Gasteiger partial charge on any atom is 0.289 e. The first kappa shape index (κ1) is 19.4. The fourth-order valence-electron chi connectivity index (χ4n) is 4.10. The lowest BCUT2D eigenvalue weighted by atomic mass is 10.1. The van der Waals surface area contributed by atoms with Crippen LogP contribution in [-0.4, -0.2) is 36.1 Å². The fourth-order valence-corrected chi connectivity index (χ4v) is 4.10. The lowest BCUT2D eigenvalue weighted by molar-refractivity contribution is 0.0940. The molecule has 5 rings (SSSR count). The van der Waals surface area contributed by atoms with Crippen LogP contribution < -0.4 is 15.0 Å². The molecule has 7 heteroatoms. The summed E-state index contributed by atoms with van der Waals surface area (Å²) in [6.45, 7) is 2.12. The van der Waals surface area contributed by atoms with Crippen molar-refractivity contribution in [1.82, 2.24) is 15.3 Å². The average molecular weight is 416 g/mol. The molecule has 1 aliphatic heterocycles. The number of methoxy groups -OCH3 is 1. The summed E-state index contributed by atoms with van der Waals surface area (Å²) in [5, 5.41) is 3.82. The molecule has 1 saturated heterocycles. The van der Waals surface area contributed by atoms with Gasteiger partial charge in [-0.25, -0.2) is 9.97 Å². The maximum atomic E-state index is 13.0. The number of para-hydroxylation sites is 2. The van der Waals surface area contributed by atoms with E-state index >= 15 is 0 Å². The number of furan rings is 1. The molecule has 4 aromatic rings. The summed E-state index contributed by atoms with van der Waals surface area (Å²) in [6.07, 6.45) is 3.40. The van der Waals surface area contributed by atoms with Gasteiger partial charge in [0.25, 0.3) is 5.91 Å². The van der Waals surface area contributed by atoms with Crippen LogP contribution in [0.1, 0.15) is 35.4 Å². The first-order valence-electron chi connectivity index (χ1n) is 10.6. The molecule has 0 saturated carbocycles. The van der Waals surface area contributed by atoms with Gasteiger partial charge in [0, 0.05) is 30.6 Å². The second-order valence-electron chi connectivity index (χ2n) is 7.69.